The van der Waals surface area contributed by atoms with E-state index in [0.29, 0.717) is 12.0 Å². The lowest BCUT2D eigenvalue weighted by atomic mass is 9.89. The zero-order valence-corrected chi connectivity index (χ0v) is 13.9. The number of ether oxygens (including phenoxy) is 1. The Balaban J connectivity index is 1.87. The molecule has 0 bridgehead atoms. The van der Waals surface area contributed by atoms with Crippen LogP contribution in [0.15, 0.2) is 18.2 Å². The van der Waals surface area contributed by atoms with E-state index in [0.717, 1.165) is 49.5 Å². The zero-order chi connectivity index (χ0) is 15.7. The number of benzene rings is 1. The molecule has 122 valence electrons. The maximum atomic E-state index is 10.7. The second-order valence-corrected chi connectivity index (χ2v) is 6.95. The number of nitrogens with zero attached hydrogens (tertiary/aromatic N) is 1. The molecule has 1 saturated heterocycles. The van der Waals surface area contributed by atoms with E-state index in [4.69, 9.17) is 4.74 Å². The minimum absolute atomic E-state index is 0.202. The molecule has 1 aromatic rings. The Morgan fingerprint density at radius 3 is 2.86 bits per heavy atom. The van der Waals surface area contributed by atoms with Crippen LogP contribution in [0, 0.1) is 5.92 Å². The van der Waals surface area contributed by atoms with Gasteiger partial charge in [0.05, 0.1) is 18.3 Å². The first-order valence-corrected chi connectivity index (χ1v) is 8.52. The van der Waals surface area contributed by atoms with Crippen molar-refractivity contribution in [3.63, 3.8) is 0 Å². The van der Waals surface area contributed by atoms with Crippen molar-refractivity contribution in [2.24, 2.45) is 5.92 Å². The van der Waals surface area contributed by atoms with Gasteiger partial charge in [-0.25, -0.2) is 0 Å². The molecule has 0 aliphatic carbocycles. The summed E-state index contributed by atoms with van der Waals surface area (Å²) in [7, 11) is 0. The summed E-state index contributed by atoms with van der Waals surface area (Å²) in [5.74, 6) is 1.24. The predicted molar refractivity (Wildman–Crippen MR) is 89.6 cm³/mol. The molecule has 0 aromatic heterocycles. The predicted octanol–water partition coefficient (Wildman–Crippen LogP) is 2.72. The highest BCUT2D eigenvalue weighted by Gasteiger charge is 2.28. The summed E-state index contributed by atoms with van der Waals surface area (Å²) in [6, 6.07) is 6.60. The van der Waals surface area contributed by atoms with Crippen LogP contribution in [0.25, 0.3) is 0 Å². The lowest BCUT2D eigenvalue weighted by Crippen LogP contribution is -2.42. The molecule has 1 fully saturated rings. The van der Waals surface area contributed by atoms with Crippen molar-refractivity contribution < 1.29 is 9.84 Å². The maximum absolute atomic E-state index is 10.7. The van der Waals surface area contributed by atoms with E-state index in [9.17, 15) is 5.11 Å². The third-order valence-electron chi connectivity index (χ3n) is 4.82. The molecule has 3 rings (SSSR count). The van der Waals surface area contributed by atoms with Crippen LogP contribution in [0.3, 0.4) is 0 Å². The fourth-order valence-electron chi connectivity index (χ4n) is 3.58. The average molecular weight is 304 g/mol. The first-order chi connectivity index (χ1) is 10.6. The molecular formula is C18H28N2O2. The molecular weight excluding hydrogens is 276 g/mol. The Hall–Kier alpha value is -1.26. The number of aliphatic hydroxyl groups excluding tert-OH is 1. The minimum atomic E-state index is -0.397. The number of aliphatic hydroxyl groups is 1. The van der Waals surface area contributed by atoms with Crippen molar-refractivity contribution in [2.45, 2.75) is 51.9 Å². The van der Waals surface area contributed by atoms with Gasteiger partial charge in [0.2, 0.25) is 0 Å². The van der Waals surface area contributed by atoms with Gasteiger partial charge in [-0.2, -0.15) is 0 Å². The van der Waals surface area contributed by atoms with E-state index in [-0.39, 0.29) is 6.10 Å². The van der Waals surface area contributed by atoms with E-state index < -0.39 is 6.10 Å². The van der Waals surface area contributed by atoms with E-state index in [1.807, 2.05) is 12.1 Å². The van der Waals surface area contributed by atoms with E-state index >= 15 is 0 Å². The highest BCUT2D eigenvalue weighted by molar-refractivity contribution is 5.62. The molecule has 3 atom stereocenters. The quantitative estimate of drug-likeness (QED) is 0.901. The summed E-state index contributed by atoms with van der Waals surface area (Å²) in [5, 5.41) is 14.1. The lowest BCUT2D eigenvalue weighted by molar-refractivity contribution is 0.0920. The van der Waals surface area contributed by atoms with Crippen LogP contribution in [-0.4, -0.2) is 36.9 Å². The van der Waals surface area contributed by atoms with E-state index in [1.54, 1.807) is 0 Å². The Morgan fingerprint density at radius 1 is 1.36 bits per heavy atom. The largest absolute Gasteiger partial charge is 0.487 e. The molecule has 3 unspecified atom stereocenters. The van der Waals surface area contributed by atoms with Crippen LogP contribution in [0.4, 0.5) is 5.69 Å². The van der Waals surface area contributed by atoms with Gasteiger partial charge in [-0.15, -0.1) is 0 Å². The molecule has 2 aliphatic rings. The molecule has 4 nitrogen and oxygen atoms in total. The Bertz CT molecular complexity index is 512. The number of hydrogen-bond donors (Lipinski definition) is 2. The number of fused-ring (bicyclic) bond motifs is 1. The van der Waals surface area contributed by atoms with E-state index in [1.165, 1.54) is 0 Å². The minimum Gasteiger partial charge on any atom is -0.487 e. The monoisotopic (exact) mass is 304 g/mol. The third-order valence-corrected chi connectivity index (χ3v) is 4.82. The molecule has 0 spiro atoms. The number of hydrogen-bond acceptors (Lipinski definition) is 4. The summed E-state index contributed by atoms with van der Waals surface area (Å²) in [4.78, 5) is 2.37. The SMILES string of the molecule is CC1CN(C(C)C)c2cc(C(O)C3CCCNC3)ccc2O1. The number of nitrogens with one attached hydrogen (secondary N) is 1. The fourth-order valence-corrected chi connectivity index (χ4v) is 3.58. The van der Waals surface area contributed by atoms with Crippen LogP contribution in [0.1, 0.15) is 45.3 Å². The zero-order valence-electron chi connectivity index (χ0n) is 13.9. The summed E-state index contributed by atoms with van der Waals surface area (Å²) < 4.78 is 5.96. The molecule has 2 aliphatic heterocycles. The number of anilines is 1. The van der Waals surface area contributed by atoms with Gasteiger partial charge >= 0.3 is 0 Å². The maximum Gasteiger partial charge on any atom is 0.143 e. The van der Waals surface area contributed by atoms with Gasteiger partial charge in [-0.3, -0.25) is 0 Å². The fraction of sp³-hybridized carbons (Fsp3) is 0.667. The number of rotatable bonds is 3. The van der Waals surface area contributed by atoms with Crippen LogP contribution in [-0.2, 0) is 0 Å². The Kier molecular flexibility index (Phi) is 4.59. The van der Waals surface area contributed by atoms with Gasteiger partial charge in [0.15, 0.2) is 0 Å². The summed E-state index contributed by atoms with van der Waals surface area (Å²) in [6.07, 6.45) is 2.04. The smallest absolute Gasteiger partial charge is 0.143 e. The summed E-state index contributed by atoms with van der Waals surface area (Å²) in [5.41, 5.74) is 2.13. The van der Waals surface area contributed by atoms with Crippen molar-refractivity contribution in [3.8, 4) is 5.75 Å². The van der Waals surface area contributed by atoms with Crippen LogP contribution in [0.5, 0.6) is 5.75 Å². The normalized spacial score (nSPS) is 26.5. The second kappa shape index (κ2) is 6.47. The molecule has 4 heteroatoms. The second-order valence-electron chi connectivity index (χ2n) is 6.95. The molecule has 0 saturated carbocycles. The lowest BCUT2D eigenvalue weighted by Gasteiger charge is -2.38. The van der Waals surface area contributed by atoms with Crippen LogP contribution < -0.4 is 15.0 Å². The van der Waals surface area contributed by atoms with Crippen LogP contribution >= 0.6 is 0 Å². The van der Waals surface area contributed by atoms with Crippen molar-refractivity contribution in [1.29, 1.82) is 0 Å². The van der Waals surface area contributed by atoms with Gasteiger partial charge in [0.1, 0.15) is 11.9 Å². The molecule has 2 heterocycles. The van der Waals surface area contributed by atoms with Gasteiger partial charge in [-0.05, 0) is 57.9 Å². The Labute approximate surface area is 133 Å². The third kappa shape index (κ3) is 3.08. The average Bonchev–Trinajstić information content (AvgIpc) is 2.53. The highest BCUT2D eigenvalue weighted by atomic mass is 16.5. The van der Waals surface area contributed by atoms with Crippen LogP contribution in [0.2, 0.25) is 0 Å². The summed E-state index contributed by atoms with van der Waals surface area (Å²) in [6.45, 7) is 9.38. The molecule has 22 heavy (non-hydrogen) atoms. The Morgan fingerprint density at radius 2 is 2.18 bits per heavy atom. The highest BCUT2D eigenvalue weighted by Crippen LogP contribution is 2.38. The van der Waals surface area contributed by atoms with Crippen molar-refractivity contribution in [2.75, 3.05) is 24.5 Å². The molecule has 2 N–H and O–H groups in total. The molecule has 0 radical (unpaired) electrons. The first kappa shape index (κ1) is 15.6. The topological polar surface area (TPSA) is 44.7 Å². The molecule has 1 aromatic carbocycles. The summed E-state index contributed by atoms with van der Waals surface area (Å²) >= 11 is 0. The van der Waals surface area contributed by atoms with Crippen molar-refractivity contribution in [1.82, 2.24) is 5.32 Å². The van der Waals surface area contributed by atoms with Crippen molar-refractivity contribution >= 4 is 5.69 Å². The van der Waals surface area contributed by atoms with Gasteiger partial charge in [-0.1, -0.05) is 6.07 Å². The van der Waals surface area contributed by atoms with E-state index in [2.05, 4.69) is 37.1 Å². The number of piperidine rings is 1. The molecule has 0 amide bonds. The van der Waals surface area contributed by atoms with Crippen molar-refractivity contribution in [3.05, 3.63) is 23.8 Å². The van der Waals surface area contributed by atoms with Gasteiger partial charge in [0.25, 0.3) is 0 Å². The van der Waals surface area contributed by atoms with Gasteiger partial charge < -0.3 is 20.1 Å². The first-order valence-electron chi connectivity index (χ1n) is 8.52. The standard InChI is InChI=1S/C18H28N2O2/c1-12(2)20-11-13(3)22-17-7-6-14(9-16(17)20)18(21)15-5-4-8-19-10-15/h6-7,9,12-13,15,18-19,21H,4-5,8,10-11H2,1-3H3. The van der Waals surface area contributed by atoms with Gasteiger partial charge in [0, 0.05) is 18.5 Å².